The first-order chi connectivity index (χ1) is 9.58. The van der Waals surface area contributed by atoms with Gasteiger partial charge in [0.2, 0.25) is 0 Å². The minimum absolute atomic E-state index is 0.119. The monoisotopic (exact) mass is 335 g/mol. The highest BCUT2D eigenvalue weighted by Gasteiger charge is 2.12. The van der Waals surface area contributed by atoms with Crippen LogP contribution in [0.4, 0.5) is 0 Å². The van der Waals surface area contributed by atoms with Crippen LogP contribution in [0.1, 0.15) is 30.2 Å². The Morgan fingerprint density at radius 3 is 2.55 bits per heavy atom. The second kappa shape index (κ2) is 6.88. The zero-order valence-electron chi connectivity index (χ0n) is 11.3. The normalized spacial score (nSPS) is 13.8. The largest absolute Gasteiger partial charge is 0.490 e. The molecule has 2 atom stereocenters. The first kappa shape index (κ1) is 15.0. The summed E-state index contributed by atoms with van der Waals surface area (Å²) in [6, 6.07) is 15.1. The lowest BCUT2D eigenvalue weighted by atomic mass is 10.1. The van der Waals surface area contributed by atoms with Crippen molar-refractivity contribution in [3.05, 3.63) is 64.1 Å². The second-order valence-corrected chi connectivity index (χ2v) is 5.62. The van der Waals surface area contributed by atoms with Crippen LogP contribution < -0.4 is 10.5 Å². The minimum Gasteiger partial charge on any atom is -0.490 e. The van der Waals surface area contributed by atoms with E-state index in [1.54, 1.807) is 0 Å². The molecule has 2 rings (SSSR count). The van der Waals surface area contributed by atoms with Crippen LogP contribution >= 0.6 is 15.9 Å². The first-order valence-electron chi connectivity index (χ1n) is 6.48. The molecule has 0 fully saturated rings. The molecule has 2 aromatic rings. The molecule has 20 heavy (non-hydrogen) atoms. The van der Waals surface area contributed by atoms with Crippen molar-refractivity contribution in [2.24, 2.45) is 5.73 Å². The Balaban J connectivity index is 2.09. The average molecular weight is 336 g/mol. The van der Waals surface area contributed by atoms with Crippen LogP contribution in [0.15, 0.2) is 53.0 Å². The highest BCUT2D eigenvalue weighted by Crippen LogP contribution is 2.28. The van der Waals surface area contributed by atoms with Crippen LogP contribution in [0, 0.1) is 0 Å². The lowest BCUT2D eigenvalue weighted by molar-refractivity contribution is 0.107. The number of aliphatic hydroxyl groups excluding tert-OH is 1. The van der Waals surface area contributed by atoms with Gasteiger partial charge in [-0.3, -0.25) is 0 Å². The van der Waals surface area contributed by atoms with E-state index in [-0.39, 0.29) is 12.6 Å². The third-order valence-electron chi connectivity index (χ3n) is 3.05. The standard InChI is InChI=1S/C16H18BrNO2/c1-11(18)14-8-7-13(17)9-16(14)20-10-15(19)12-5-3-2-4-6-12/h2-9,11,15,19H,10,18H2,1H3/t11-,15?/m1/s1. The quantitative estimate of drug-likeness (QED) is 0.877. The van der Waals surface area contributed by atoms with Gasteiger partial charge in [-0.05, 0) is 24.6 Å². The van der Waals surface area contributed by atoms with E-state index < -0.39 is 6.10 Å². The molecule has 0 radical (unpaired) electrons. The Labute approximate surface area is 127 Å². The molecule has 0 amide bonds. The lowest BCUT2D eigenvalue weighted by Gasteiger charge is -2.17. The molecule has 0 bridgehead atoms. The fourth-order valence-electron chi connectivity index (χ4n) is 1.95. The van der Waals surface area contributed by atoms with Gasteiger partial charge in [-0.15, -0.1) is 0 Å². The Hall–Kier alpha value is -1.36. The number of hydrogen-bond donors (Lipinski definition) is 2. The fourth-order valence-corrected chi connectivity index (χ4v) is 2.29. The average Bonchev–Trinajstić information content (AvgIpc) is 2.45. The number of ether oxygens (including phenoxy) is 1. The van der Waals surface area contributed by atoms with Gasteiger partial charge in [0, 0.05) is 16.1 Å². The predicted octanol–water partition coefficient (Wildman–Crippen LogP) is 3.58. The van der Waals surface area contributed by atoms with Gasteiger partial charge in [-0.1, -0.05) is 52.3 Å². The third-order valence-corrected chi connectivity index (χ3v) is 3.54. The van der Waals surface area contributed by atoms with Crippen molar-refractivity contribution in [3.8, 4) is 5.75 Å². The number of nitrogens with two attached hydrogens (primary N) is 1. The summed E-state index contributed by atoms with van der Waals surface area (Å²) in [5, 5.41) is 10.1. The molecule has 3 nitrogen and oxygen atoms in total. The Kier molecular flexibility index (Phi) is 5.17. The van der Waals surface area contributed by atoms with E-state index in [2.05, 4.69) is 15.9 Å². The first-order valence-corrected chi connectivity index (χ1v) is 7.28. The van der Waals surface area contributed by atoms with Crippen molar-refractivity contribution in [1.82, 2.24) is 0 Å². The minimum atomic E-state index is -0.656. The molecule has 0 aliphatic rings. The number of halogens is 1. The molecule has 3 N–H and O–H groups in total. The Morgan fingerprint density at radius 1 is 1.20 bits per heavy atom. The van der Waals surface area contributed by atoms with Crippen LogP contribution in [-0.2, 0) is 0 Å². The van der Waals surface area contributed by atoms with Crippen molar-refractivity contribution in [2.45, 2.75) is 19.1 Å². The molecular formula is C16H18BrNO2. The Morgan fingerprint density at radius 2 is 1.90 bits per heavy atom. The van der Waals surface area contributed by atoms with E-state index in [0.29, 0.717) is 5.75 Å². The zero-order valence-corrected chi connectivity index (χ0v) is 12.9. The van der Waals surface area contributed by atoms with Crippen LogP contribution in [0.25, 0.3) is 0 Å². The lowest BCUT2D eigenvalue weighted by Crippen LogP contribution is -2.13. The number of rotatable bonds is 5. The molecule has 1 unspecified atom stereocenters. The summed E-state index contributed by atoms with van der Waals surface area (Å²) in [6.45, 7) is 2.10. The molecule has 0 aromatic heterocycles. The summed E-state index contributed by atoms with van der Waals surface area (Å²) in [4.78, 5) is 0. The summed E-state index contributed by atoms with van der Waals surface area (Å²) in [5.41, 5.74) is 7.69. The second-order valence-electron chi connectivity index (χ2n) is 4.71. The van der Waals surface area contributed by atoms with Gasteiger partial charge in [0.15, 0.2) is 0 Å². The molecule has 2 aromatic carbocycles. The summed E-state index contributed by atoms with van der Waals surface area (Å²) in [5.74, 6) is 0.698. The maximum absolute atomic E-state index is 10.1. The molecule has 0 heterocycles. The van der Waals surface area contributed by atoms with Crippen LogP contribution in [0.5, 0.6) is 5.75 Å². The van der Waals surface area contributed by atoms with Gasteiger partial charge >= 0.3 is 0 Å². The van der Waals surface area contributed by atoms with Crippen LogP contribution in [-0.4, -0.2) is 11.7 Å². The van der Waals surface area contributed by atoms with Crippen molar-refractivity contribution in [1.29, 1.82) is 0 Å². The molecule has 0 saturated carbocycles. The van der Waals surface area contributed by atoms with E-state index in [0.717, 1.165) is 15.6 Å². The number of hydrogen-bond acceptors (Lipinski definition) is 3. The molecular weight excluding hydrogens is 318 g/mol. The van der Waals surface area contributed by atoms with Crippen molar-refractivity contribution in [3.63, 3.8) is 0 Å². The topological polar surface area (TPSA) is 55.5 Å². The highest BCUT2D eigenvalue weighted by atomic mass is 79.9. The van der Waals surface area contributed by atoms with E-state index in [1.807, 2.05) is 55.5 Å². The van der Waals surface area contributed by atoms with E-state index in [4.69, 9.17) is 10.5 Å². The van der Waals surface area contributed by atoms with Gasteiger partial charge in [0.25, 0.3) is 0 Å². The van der Waals surface area contributed by atoms with Gasteiger partial charge in [0.05, 0.1) is 0 Å². The maximum Gasteiger partial charge on any atom is 0.125 e. The van der Waals surface area contributed by atoms with Crippen LogP contribution in [0.2, 0.25) is 0 Å². The van der Waals surface area contributed by atoms with Crippen molar-refractivity contribution in [2.75, 3.05) is 6.61 Å². The van der Waals surface area contributed by atoms with Crippen molar-refractivity contribution >= 4 is 15.9 Å². The van der Waals surface area contributed by atoms with Gasteiger partial charge in [-0.2, -0.15) is 0 Å². The fraction of sp³-hybridized carbons (Fsp3) is 0.250. The van der Waals surface area contributed by atoms with Crippen molar-refractivity contribution < 1.29 is 9.84 Å². The van der Waals surface area contributed by atoms with Gasteiger partial charge < -0.3 is 15.6 Å². The molecule has 0 aliphatic carbocycles. The molecule has 0 spiro atoms. The predicted molar refractivity (Wildman–Crippen MR) is 83.6 cm³/mol. The van der Waals surface area contributed by atoms with E-state index in [9.17, 15) is 5.11 Å². The van der Waals surface area contributed by atoms with Crippen LogP contribution in [0.3, 0.4) is 0 Å². The molecule has 0 saturated heterocycles. The summed E-state index contributed by atoms with van der Waals surface area (Å²) in [6.07, 6.45) is -0.656. The summed E-state index contributed by atoms with van der Waals surface area (Å²) < 4.78 is 6.66. The third kappa shape index (κ3) is 3.82. The van der Waals surface area contributed by atoms with Gasteiger partial charge in [0.1, 0.15) is 18.5 Å². The molecule has 106 valence electrons. The maximum atomic E-state index is 10.1. The van der Waals surface area contributed by atoms with E-state index in [1.165, 1.54) is 0 Å². The number of aliphatic hydroxyl groups is 1. The highest BCUT2D eigenvalue weighted by molar-refractivity contribution is 9.10. The molecule has 4 heteroatoms. The van der Waals surface area contributed by atoms with E-state index >= 15 is 0 Å². The zero-order chi connectivity index (χ0) is 14.5. The summed E-state index contributed by atoms with van der Waals surface area (Å²) in [7, 11) is 0. The SMILES string of the molecule is C[C@@H](N)c1ccc(Br)cc1OCC(O)c1ccccc1. The number of benzene rings is 2. The Bertz CT molecular complexity index is 558. The van der Waals surface area contributed by atoms with Gasteiger partial charge in [-0.25, -0.2) is 0 Å². The summed E-state index contributed by atoms with van der Waals surface area (Å²) >= 11 is 3.41. The smallest absolute Gasteiger partial charge is 0.125 e. The molecule has 0 aliphatic heterocycles.